The summed E-state index contributed by atoms with van der Waals surface area (Å²) in [6, 6.07) is 16.8. The number of pyridine rings is 2. The number of hydrogen-bond acceptors (Lipinski definition) is 3. The van der Waals surface area contributed by atoms with Crippen molar-refractivity contribution in [3.05, 3.63) is 95.9 Å². The molecule has 4 aromatic rings. The lowest BCUT2D eigenvalue weighted by atomic mass is 9.99. The van der Waals surface area contributed by atoms with Gasteiger partial charge < -0.3 is 10.4 Å². The second-order valence-corrected chi connectivity index (χ2v) is 6.55. The molecule has 3 N–H and O–H groups in total. The van der Waals surface area contributed by atoms with E-state index in [0.29, 0.717) is 16.8 Å². The maximum absolute atomic E-state index is 13.1. The smallest absolute Gasteiger partial charge is 0.416 e. The van der Waals surface area contributed by atoms with Gasteiger partial charge in [-0.2, -0.15) is 13.2 Å². The molecule has 2 heterocycles. The third-order valence-electron chi connectivity index (χ3n) is 4.64. The Labute approximate surface area is 164 Å². The van der Waals surface area contributed by atoms with Crippen LogP contribution in [-0.4, -0.2) is 10.1 Å². The van der Waals surface area contributed by atoms with Crippen LogP contribution < -0.4 is 10.3 Å². The summed E-state index contributed by atoms with van der Waals surface area (Å²) in [4.78, 5) is 7.35. The summed E-state index contributed by atoms with van der Waals surface area (Å²) in [6.07, 6.45) is -1.15. The third-order valence-corrected chi connectivity index (χ3v) is 4.64. The zero-order chi connectivity index (χ0) is 20.4. The second kappa shape index (κ2) is 7.43. The molecule has 0 aliphatic carbocycles. The highest BCUT2D eigenvalue weighted by Gasteiger charge is 2.31. The standard InChI is InChI=1S/C22H16F3N3O/c23-22(24,25)15-6-3-7-16(13-15)28-20(18-8-1-2-11-26-18)17-10-9-14-5-4-12-27-19(14)21(17)29/h1-13,20,28-29H/p+1. The van der Waals surface area contributed by atoms with Crippen molar-refractivity contribution in [3.63, 3.8) is 0 Å². The predicted octanol–water partition coefficient (Wildman–Crippen LogP) is 4.97. The lowest BCUT2D eigenvalue weighted by Gasteiger charge is -2.21. The Morgan fingerprint density at radius 1 is 0.966 bits per heavy atom. The summed E-state index contributed by atoms with van der Waals surface area (Å²) >= 11 is 0. The van der Waals surface area contributed by atoms with E-state index < -0.39 is 17.8 Å². The Balaban J connectivity index is 1.81. The molecule has 2 aromatic carbocycles. The van der Waals surface area contributed by atoms with Gasteiger partial charge in [0.1, 0.15) is 0 Å². The van der Waals surface area contributed by atoms with Crippen LogP contribution in [0.1, 0.15) is 22.9 Å². The van der Waals surface area contributed by atoms with E-state index in [1.807, 2.05) is 18.2 Å². The van der Waals surface area contributed by atoms with Crippen LogP contribution in [-0.2, 0) is 6.18 Å². The molecule has 7 heteroatoms. The van der Waals surface area contributed by atoms with Crippen LogP contribution in [0.3, 0.4) is 0 Å². The van der Waals surface area contributed by atoms with E-state index in [1.165, 1.54) is 6.07 Å². The molecule has 1 atom stereocenters. The van der Waals surface area contributed by atoms with Gasteiger partial charge in [0.05, 0.1) is 22.7 Å². The van der Waals surface area contributed by atoms with Crippen LogP contribution in [0.25, 0.3) is 10.9 Å². The molecule has 29 heavy (non-hydrogen) atoms. The first-order valence-electron chi connectivity index (χ1n) is 8.90. The van der Waals surface area contributed by atoms with Crippen LogP contribution in [0.2, 0.25) is 0 Å². The zero-order valence-corrected chi connectivity index (χ0v) is 15.1. The van der Waals surface area contributed by atoms with Gasteiger partial charge in [-0.15, -0.1) is 0 Å². The first kappa shape index (κ1) is 18.7. The Morgan fingerprint density at radius 2 is 1.83 bits per heavy atom. The molecule has 4 nitrogen and oxygen atoms in total. The SMILES string of the molecule is Oc1c(C(Nc2cccc(C(F)(F)F)c2)c2ccccn2)ccc2ccc[nH+]c12. The van der Waals surface area contributed by atoms with Gasteiger partial charge in [0.15, 0.2) is 11.9 Å². The fraction of sp³-hybridized carbons (Fsp3) is 0.0909. The van der Waals surface area contributed by atoms with Crippen LogP contribution in [0, 0.1) is 0 Å². The molecule has 0 amide bonds. The number of fused-ring (bicyclic) bond motifs is 1. The molecule has 146 valence electrons. The summed E-state index contributed by atoms with van der Waals surface area (Å²) < 4.78 is 39.3. The van der Waals surface area contributed by atoms with E-state index in [1.54, 1.807) is 42.7 Å². The number of phenolic OH excluding ortho intramolecular Hbond substituents is 1. The maximum atomic E-state index is 13.1. The zero-order valence-electron chi connectivity index (χ0n) is 15.1. The minimum Gasteiger partial charge on any atom is -0.502 e. The molecule has 0 saturated carbocycles. The molecular formula is C22H17F3N3O+. The first-order chi connectivity index (χ1) is 13.9. The molecular weight excluding hydrogens is 379 g/mol. The number of anilines is 1. The lowest BCUT2D eigenvalue weighted by Crippen LogP contribution is -2.16. The number of aromatic amines is 1. The largest absolute Gasteiger partial charge is 0.502 e. The van der Waals surface area contributed by atoms with Gasteiger partial charge in [-0.05, 0) is 42.5 Å². The molecule has 0 bridgehead atoms. The molecule has 0 spiro atoms. The number of aromatic nitrogens is 2. The fourth-order valence-electron chi connectivity index (χ4n) is 3.24. The quantitative estimate of drug-likeness (QED) is 0.512. The van der Waals surface area contributed by atoms with Crippen molar-refractivity contribution >= 4 is 16.6 Å². The first-order valence-corrected chi connectivity index (χ1v) is 8.90. The molecule has 0 aliphatic heterocycles. The highest BCUT2D eigenvalue weighted by molar-refractivity contribution is 5.83. The number of H-pyrrole nitrogens is 1. The number of nitrogens with zero attached hydrogens (tertiary/aromatic N) is 1. The number of benzene rings is 2. The molecule has 2 aromatic heterocycles. The van der Waals surface area contributed by atoms with E-state index >= 15 is 0 Å². The highest BCUT2D eigenvalue weighted by Crippen LogP contribution is 2.36. The molecule has 4 rings (SSSR count). The monoisotopic (exact) mass is 396 g/mol. The van der Waals surface area contributed by atoms with Crippen molar-refractivity contribution in [1.29, 1.82) is 0 Å². The number of rotatable bonds is 4. The van der Waals surface area contributed by atoms with Crippen molar-refractivity contribution < 1.29 is 23.3 Å². The van der Waals surface area contributed by atoms with E-state index in [0.717, 1.165) is 17.5 Å². The van der Waals surface area contributed by atoms with Crippen molar-refractivity contribution in [1.82, 2.24) is 4.98 Å². The van der Waals surface area contributed by atoms with Gasteiger partial charge in [0, 0.05) is 23.5 Å². The van der Waals surface area contributed by atoms with Crippen molar-refractivity contribution in [2.45, 2.75) is 12.2 Å². The topological polar surface area (TPSA) is 59.3 Å². The second-order valence-electron chi connectivity index (χ2n) is 6.55. The van der Waals surface area contributed by atoms with Gasteiger partial charge in [-0.1, -0.05) is 18.2 Å². The molecule has 0 aliphatic rings. The highest BCUT2D eigenvalue weighted by atomic mass is 19.4. The lowest BCUT2D eigenvalue weighted by molar-refractivity contribution is -0.345. The summed E-state index contributed by atoms with van der Waals surface area (Å²) in [5.41, 5.74) is 1.12. The average molecular weight is 396 g/mol. The van der Waals surface area contributed by atoms with E-state index in [9.17, 15) is 18.3 Å². The van der Waals surface area contributed by atoms with Gasteiger partial charge in [0.2, 0.25) is 0 Å². The summed E-state index contributed by atoms with van der Waals surface area (Å²) in [5, 5.41) is 14.8. The van der Waals surface area contributed by atoms with Crippen LogP contribution in [0.4, 0.5) is 18.9 Å². The molecule has 0 radical (unpaired) electrons. The molecule has 1 unspecified atom stereocenters. The van der Waals surface area contributed by atoms with E-state index in [4.69, 9.17) is 0 Å². The number of halogens is 3. The predicted molar refractivity (Wildman–Crippen MR) is 103 cm³/mol. The van der Waals surface area contributed by atoms with E-state index in [2.05, 4.69) is 15.3 Å². The number of hydrogen-bond donors (Lipinski definition) is 2. The summed E-state index contributed by atoms with van der Waals surface area (Å²) in [6.45, 7) is 0. The maximum Gasteiger partial charge on any atom is 0.416 e. The van der Waals surface area contributed by atoms with Crippen molar-refractivity contribution in [3.8, 4) is 5.75 Å². The molecule has 0 saturated heterocycles. The minimum absolute atomic E-state index is 0.0122. The third kappa shape index (κ3) is 3.85. The van der Waals surface area contributed by atoms with Crippen molar-refractivity contribution in [2.24, 2.45) is 0 Å². The van der Waals surface area contributed by atoms with Gasteiger partial charge in [-0.25, -0.2) is 4.98 Å². The summed E-state index contributed by atoms with van der Waals surface area (Å²) in [5.74, 6) is 0.0122. The normalized spacial score (nSPS) is 12.7. The van der Waals surface area contributed by atoms with Crippen LogP contribution in [0.15, 0.2) is 79.1 Å². The van der Waals surface area contributed by atoms with Crippen molar-refractivity contribution in [2.75, 3.05) is 5.32 Å². The fourth-order valence-corrected chi connectivity index (χ4v) is 3.24. The molecule has 0 fully saturated rings. The minimum atomic E-state index is -4.45. The van der Waals surface area contributed by atoms with Gasteiger partial charge in [-0.3, -0.25) is 4.98 Å². The van der Waals surface area contributed by atoms with Gasteiger partial charge >= 0.3 is 6.18 Å². The van der Waals surface area contributed by atoms with Crippen LogP contribution >= 0.6 is 0 Å². The number of aromatic hydroxyl groups is 1. The van der Waals surface area contributed by atoms with E-state index in [-0.39, 0.29) is 11.4 Å². The number of alkyl halides is 3. The van der Waals surface area contributed by atoms with Crippen LogP contribution in [0.5, 0.6) is 5.75 Å². The average Bonchev–Trinajstić information content (AvgIpc) is 2.73. The summed E-state index contributed by atoms with van der Waals surface area (Å²) in [7, 11) is 0. The number of phenols is 1. The number of nitrogens with one attached hydrogen (secondary N) is 2. The Kier molecular flexibility index (Phi) is 4.80. The Hall–Kier alpha value is -3.61. The Morgan fingerprint density at radius 3 is 2.59 bits per heavy atom. The Bertz CT molecular complexity index is 1150. The van der Waals surface area contributed by atoms with Gasteiger partial charge in [0.25, 0.3) is 5.52 Å².